The monoisotopic (exact) mass is 363 g/mol. The number of likely N-dealkylation sites (N-methyl/N-ethyl adjacent to an activating group) is 1. The van der Waals surface area contributed by atoms with Gasteiger partial charge in [-0.05, 0) is 36.1 Å². The van der Waals surface area contributed by atoms with Gasteiger partial charge >= 0.3 is 0 Å². The number of aliphatic hydroxyl groups is 1. The predicted octanol–water partition coefficient (Wildman–Crippen LogP) is 3.00. The van der Waals surface area contributed by atoms with Gasteiger partial charge in [-0.3, -0.25) is 4.68 Å². The normalized spacial score (nSPS) is 13.2. The third kappa shape index (κ3) is 3.58. The van der Waals surface area contributed by atoms with E-state index >= 15 is 0 Å². The van der Waals surface area contributed by atoms with Gasteiger partial charge in [0, 0.05) is 16.8 Å². The highest BCUT2D eigenvalue weighted by molar-refractivity contribution is 9.10. The minimum atomic E-state index is -0.712. The quantitative estimate of drug-likeness (QED) is 0.887. The molecule has 0 aliphatic carbocycles. The van der Waals surface area contributed by atoms with E-state index in [2.05, 4.69) is 25.9 Å². The summed E-state index contributed by atoms with van der Waals surface area (Å²) in [6.45, 7) is 1.59. The molecule has 0 bridgehead atoms. The Kier molecular flexibility index (Phi) is 5.03. The Morgan fingerprint density at radius 2 is 2.32 bits per heavy atom. The smallest absolute Gasteiger partial charge is 0.131 e. The molecule has 0 radical (unpaired) electrons. The van der Waals surface area contributed by atoms with E-state index in [1.54, 1.807) is 12.3 Å². The average molecular weight is 365 g/mol. The summed E-state index contributed by atoms with van der Waals surface area (Å²) < 4.78 is 2.63. The molecule has 2 aromatic rings. The van der Waals surface area contributed by atoms with Crippen molar-refractivity contribution in [3.05, 3.63) is 37.7 Å². The molecule has 0 aliphatic heterocycles. The van der Waals surface area contributed by atoms with Gasteiger partial charge in [0.1, 0.15) is 6.10 Å². The summed E-state index contributed by atoms with van der Waals surface area (Å²) >= 11 is 10.8. The van der Waals surface area contributed by atoms with Crippen molar-refractivity contribution < 1.29 is 5.11 Å². The number of thiophene rings is 1. The van der Waals surface area contributed by atoms with E-state index in [1.165, 1.54) is 11.3 Å². The Hall–Kier alpha value is -0.400. The largest absolute Gasteiger partial charge is 0.381 e. The van der Waals surface area contributed by atoms with Crippen LogP contribution in [0, 0.1) is 0 Å². The molecule has 19 heavy (non-hydrogen) atoms. The van der Waals surface area contributed by atoms with Crippen molar-refractivity contribution in [2.24, 2.45) is 0 Å². The highest BCUT2D eigenvalue weighted by Gasteiger charge is 2.21. The molecule has 7 heteroatoms. The van der Waals surface area contributed by atoms with Gasteiger partial charge in [-0.15, -0.1) is 11.3 Å². The van der Waals surface area contributed by atoms with E-state index in [4.69, 9.17) is 11.6 Å². The molecule has 1 atom stereocenters. The second kappa shape index (κ2) is 6.37. The molecule has 0 aliphatic rings. The molecule has 0 saturated heterocycles. The van der Waals surface area contributed by atoms with Crippen LogP contribution in [0.4, 0.5) is 0 Å². The molecule has 2 rings (SSSR count). The first-order chi connectivity index (χ1) is 8.99. The lowest BCUT2D eigenvalue weighted by Crippen LogP contribution is -2.21. The van der Waals surface area contributed by atoms with E-state index in [0.717, 1.165) is 28.1 Å². The maximum atomic E-state index is 10.5. The Balaban J connectivity index is 2.25. The molecule has 2 heterocycles. The molecule has 104 valence electrons. The Morgan fingerprint density at radius 1 is 1.58 bits per heavy atom. The van der Waals surface area contributed by atoms with Crippen LogP contribution >= 0.6 is 38.9 Å². The second-order valence-corrected chi connectivity index (χ2v) is 6.71. The second-order valence-electron chi connectivity index (χ2n) is 4.47. The van der Waals surface area contributed by atoms with Crippen LogP contribution in [0.15, 0.2) is 22.1 Å². The molecule has 0 spiro atoms. The van der Waals surface area contributed by atoms with Gasteiger partial charge in [0.2, 0.25) is 0 Å². The van der Waals surface area contributed by atoms with E-state index in [-0.39, 0.29) is 0 Å². The number of aliphatic hydroxyl groups excluding tert-OH is 1. The first kappa shape index (κ1) is 15.0. The number of hydrogen-bond acceptors (Lipinski definition) is 4. The fourth-order valence-electron chi connectivity index (χ4n) is 1.72. The summed E-state index contributed by atoms with van der Waals surface area (Å²) in [5.41, 5.74) is 0.764. The van der Waals surface area contributed by atoms with Crippen molar-refractivity contribution >= 4 is 38.9 Å². The van der Waals surface area contributed by atoms with E-state index in [1.807, 2.05) is 24.2 Å². The topological polar surface area (TPSA) is 41.3 Å². The Labute approximate surface area is 129 Å². The zero-order chi connectivity index (χ0) is 14.0. The lowest BCUT2D eigenvalue weighted by atomic mass is 10.2. The number of halogens is 2. The fourth-order valence-corrected chi connectivity index (χ4v) is 3.30. The van der Waals surface area contributed by atoms with Crippen LogP contribution < -0.4 is 0 Å². The van der Waals surface area contributed by atoms with Crippen LogP contribution in [-0.2, 0) is 6.54 Å². The SMILES string of the molecule is CN(C)CCn1ncc(Br)c1C(O)c1cc(Cl)cs1. The average Bonchev–Trinajstić information content (AvgIpc) is 2.92. The Bertz CT molecular complexity index is 555. The lowest BCUT2D eigenvalue weighted by Gasteiger charge is -2.15. The van der Waals surface area contributed by atoms with Gasteiger partial charge in [-0.25, -0.2) is 0 Å². The van der Waals surface area contributed by atoms with E-state index in [9.17, 15) is 5.11 Å². The van der Waals surface area contributed by atoms with Crippen LogP contribution in [0.3, 0.4) is 0 Å². The van der Waals surface area contributed by atoms with Gasteiger partial charge in [0.15, 0.2) is 0 Å². The summed E-state index contributed by atoms with van der Waals surface area (Å²) in [4.78, 5) is 2.89. The molecule has 1 N–H and O–H groups in total. The number of hydrogen-bond donors (Lipinski definition) is 1. The van der Waals surface area contributed by atoms with Crippen molar-refractivity contribution in [1.29, 1.82) is 0 Å². The molecular formula is C12H15BrClN3OS. The van der Waals surface area contributed by atoms with Crippen molar-refractivity contribution in [2.45, 2.75) is 12.6 Å². The maximum absolute atomic E-state index is 10.5. The highest BCUT2D eigenvalue weighted by Crippen LogP contribution is 2.33. The summed E-state index contributed by atoms with van der Waals surface area (Å²) in [6.07, 6.45) is 1.00. The third-order valence-electron chi connectivity index (χ3n) is 2.71. The van der Waals surface area contributed by atoms with Crippen molar-refractivity contribution in [3.63, 3.8) is 0 Å². The van der Waals surface area contributed by atoms with Crippen LogP contribution in [0.25, 0.3) is 0 Å². The Morgan fingerprint density at radius 3 is 2.89 bits per heavy atom. The molecule has 1 unspecified atom stereocenters. The van der Waals surface area contributed by atoms with Crippen molar-refractivity contribution in [1.82, 2.24) is 14.7 Å². The zero-order valence-corrected chi connectivity index (χ0v) is 13.8. The third-order valence-corrected chi connectivity index (χ3v) is 4.65. The molecule has 4 nitrogen and oxygen atoms in total. The minimum Gasteiger partial charge on any atom is -0.381 e. The van der Waals surface area contributed by atoms with Gasteiger partial charge < -0.3 is 10.0 Å². The summed E-state index contributed by atoms with van der Waals surface area (Å²) in [5.74, 6) is 0. The first-order valence-electron chi connectivity index (χ1n) is 5.77. The standard InChI is InChI=1S/C12H15BrClN3OS/c1-16(2)3-4-17-11(9(13)6-15-17)12(18)10-5-8(14)7-19-10/h5-7,12,18H,3-4H2,1-2H3. The summed E-state index contributed by atoms with van der Waals surface area (Å²) in [6, 6.07) is 1.78. The number of aromatic nitrogens is 2. The van der Waals surface area contributed by atoms with Crippen molar-refractivity contribution in [3.8, 4) is 0 Å². The molecule has 2 aromatic heterocycles. The molecule has 0 fully saturated rings. The molecule has 0 amide bonds. The molecular weight excluding hydrogens is 350 g/mol. The minimum absolute atomic E-state index is 0.648. The highest BCUT2D eigenvalue weighted by atomic mass is 79.9. The van der Waals surface area contributed by atoms with Gasteiger partial charge in [-0.2, -0.15) is 5.10 Å². The van der Waals surface area contributed by atoms with E-state index < -0.39 is 6.10 Å². The van der Waals surface area contributed by atoms with E-state index in [0.29, 0.717) is 5.02 Å². The maximum Gasteiger partial charge on any atom is 0.131 e. The molecule has 0 aromatic carbocycles. The van der Waals surface area contributed by atoms with Gasteiger partial charge in [-0.1, -0.05) is 11.6 Å². The van der Waals surface area contributed by atoms with Crippen LogP contribution in [-0.4, -0.2) is 40.4 Å². The summed E-state index contributed by atoms with van der Waals surface area (Å²) in [5, 5.41) is 17.2. The lowest BCUT2D eigenvalue weighted by molar-refractivity contribution is 0.208. The number of rotatable bonds is 5. The predicted molar refractivity (Wildman–Crippen MR) is 81.9 cm³/mol. The molecule has 0 saturated carbocycles. The van der Waals surface area contributed by atoms with Crippen molar-refractivity contribution in [2.75, 3.05) is 20.6 Å². The van der Waals surface area contributed by atoms with Crippen LogP contribution in [0.2, 0.25) is 5.02 Å². The van der Waals surface area contributed by atoms with Gasteiger partial charge in [0.05, 0.1) is 27.9 Å². The fraction of sp³-hybridized carbons (Fsp3) is 0.417. The first-order valence-corrected chi connectivity index (χ1v) is 7.82. The zero-order valence-electron chi connectivity index (χ0n) is 10.7. The van der Waals surface area contributed by atoms with Crippen LogP contribution in [0.5, 0.6) is 0 Å². The van der Waals surface area contributed by atoms with Gasteiger partial charge in [0.25, 0.3) is 0 Å². The summed E-state index contributed by atoms with van der Waals surface area (Å²) in [7, 11) is 4.02. The van der Waals surface area contributed by atoms with Crippen LogP contribution in [0.1, 0.15) is 16.7 Å². The number of nitrogens with zero attached hydrogens (tertiary/aromatic N) is 3.